The van der Waals surface area contributed by atoms with Crippen LogP contribution in [0.25, 0.3) is 5.69 Å². The lowest BCUT2D eigenvalue weighted by molar-refractivity contribution is 0.0836. The second-order valence-electron chi connectivity index (χ2n) is 7.69. The van der Waals surface area contributed by atoms with Crippen LogP contribution in [0.1, 0.15) is 36.3 Å². The fourth-order valence-corrected chi connectivity index (χ4v) is 4.98. The minimum atomic E-state index is -0.0239. The molecule has 3 atom stereocenters. The number of hydrogen-bond acceptors (Lipinski definition) is 3. The molecule has 2 aromatic heterocycles. The zero-order chi connectivity index (χ0) is 20.5. The maximum absolute atomic E-state index is 5.94. The molecule has 1 aromatic carbocycles. The SMILES string of the molecule is S=C1N[C@@H](c2ccccn2)[C@H](c2cccn2-c2ccc(Br)cc2)N1C[C@@H]1CCCO1. The summed E-state index contributed by atoms with van der Waals surface area (Å²) in [5.41, 5.74) is 3.29. The van der Waals surface area contributed by atoms with Gasteiger partial charge in [0.25, 0.3) is 0 Å². The second kappa shape index (κ2) is 8.49. The third-order valence-electron chi connectivity index (χ3n) is 5.81. The number of thiocarbonyl (C=S) groups is 1. The third-order valence-corrected chi connectivity index (χ3v) is 6.69. The van der Waals surface area contributed by atoms with E-state index in [1.54, 1.807) is 0 Å². The van der Waals surface area contributed by atoms with Gasteiger partial charge in [-0.2, -0.15) is 0 Å². The first kappa shape index (κ1) is 19.7. The van der Waals surface area contributed by atoms with Crippen LogP contribution in [0.3, 0.4) is 0 Å². The van der Waals surface area contributed by atoms with Crippen molar-refractivity contribution in [2.75, 3.05) is 13.2 Å². The lowest BCUT2D eigenvalue weighted by Crippen LogP contribution is -2.36. The van der Waals surface area contributed by atoms with Crippen LogP contribution in [0.5, 0.6) is 0 Å². The zero-order valence-electron chi connectivity index (χ0n) is 16.4. The zero-order valence-corrected chi connectivity index (χ0v) is 18.8. The number of aromatic nitrogens is 2. The molecule has 2 fully saturated rings. The summed E-state index contributed by atoms with van der Waals surface area (Å²) in [4.78, 5) is 6.93. The summed E-state index contributed by atoms with van der Waals surface area (Å²) in [6.07, 6.45) is 6.36. The fraction of sp³-hybridized carbons (Fsp3) is 0.304. The minimum absolute atomic E-state index is 0.0234. The van der Waals surface area contributed by atoms with E-state index in [4.69, 9.17) is 17.0 Å². The van der Waals surface area contributed by atoms with Gasteiger partial charge in [-0.1, -0.05) is 22.0 Å². The first-order valence-electron chi connectivity index (χ1n) is 10.2. The van der Waals surface area contributed by atoms with Gasteiger partial charge in [0.05, 0.1) is 23.9 Å². The molecule has 0 amide bonds. The summed E-state index contributed by atoms with van der Waals surface area (Å²) < 4.78 is 9.25. The van der Waals surface area contributed by atoms with Crippen LogP contribution in [0, 0.1) is 0 Å². The molecule has 0 aliphatic carbocycles. The molecule has 0 spiro atoms. The maximum Gasteiger partial charge on any atom is 0.170 e. The molecular weight excluding hydrogens is 460 g/mol. The highest BCUT2D eigenvalue weighted by Gasteiger charge is 2.42. The molecule has 2 saturated heterocycles. The van der Waals surface area contributed by atoms with Crippen molar-refractivity contribution >= 4 is 33.3 Å². The third kappa shape index (κ3) is 3.77. The van der Waals surface area contributed by atoms with Crippen molar-refractivity contribution in [2.45, 2.75) is 31.0 Å². The molecule has 30 heavy (non-hydrogen) atoms. The highest BCUT2D eigenvalue weighted by atomic mass is 79.9. The molecule has 0 radical (unpaired) electrons. The Bertz CT molecular complexity index is 1020. The van der Waals surface area contributed by atoms with Crippen LogP contribution in [0.15, 0.2) is 71.5 Å². The van der Waals surface area contributed by atoms with Crippen LogP contribution in [-0.4, -0.2) is 38.8 Å². The molecule has 2 aliphatic rings. The van der Waals surface area contributed by atoms with Gasteiger partial charge in [0.1, 0.15) is 0 Å². The van der Waals surface area contributed by atoms with Gasteiger partial charge < -0.3 is 19.5 Å². The standard InChI is InChI=1S/C23H23BrN4OS/c24-16-8-10-17(11-9-16)27-13-3-7-20(27)22-21(19-6-1-2-12-25-19)26-23(30)28(22)15-18-5-4-14-29-18/h1-3,6-13,18,21-22H,4-5,14-15H2,(H,26,30)/t18-,21-,22-/m0/s1. The largest absolute Gasteiger partial charge is 0.376 e. The molecule has 5 nitrogen and oxygen atoms in total. The fourth-order valence-electron chi connectivity index (χ4n) is 4.40. The van der Waals surface area contributed by atoms with Crippen LogP contribution in [0.4, 0.5) is 0 Å². The van der Waals surface area contributed by atoms with Crippen molar-refractivity contribution < 1.29 is 4.74 Å². The monoisotopic (exact) mass is 482 g/mol. The van der Waals surface area contributed by atoms with Crippen LogP contribution >= 0.6 is 28.1 Å². The van der Waals surface area contributed by atoms with Crippen molar-refractivity contribution in [3.05, 3.63) is 82.9 Å². The summed E-state index contributed by atoms with van der Waals surface area (Å²) >= 11 is 9.33. The van der Waals surface area contributed by atoms with Gasteiger partial charge in [0.15, 0.2) is 5.11 Å². The van der Waals surface area contributed by atoms with Crippen molar-refractivity contribution in [3.63, 3.8) is 0 Å². The molecule has 0 saturated carbocycles. The Hall–Kier alpha value is -2.22. The quantitative estimate of drug-likeness (QED) is 0.529. The van der Waals surface area contributed by atoms with E-state index < -0.39 is 0 Å². The summed E-state index contributed by atoms with van der Waals surface area (Å²) in [7, 11) is 0. The van der Waals surface area contributed by atoms with E-state index in [9.17, 15) is 0 Å². The summed E-state index contributed by atoms with van der Waals surface area (Å²) in [5, 5.41) is 4.30. The van der Waals surface area contributed by atoms with Crippen molar-refractivity contribution in [1.29, 1.82) is 0 Å². The van der Waals surface area contributed by atoms with E-state index in [2.05, 4.69) is 84.4 Å². The van der Waals surface area contributed by atoms with E-state index in [-0.39, 0.29) is 18.2 Å². The average Bonchev–Trinajstić information content (AvgIpc) is 3.51. The Morgan fingerprint density at radius 2 is 2.00 bits per heavy atom. The number of nitrogens with zero attached hydrogens (tertiary/aromatic N) is 3. The Morgan fingerprint density at radius 3 is 2.73 bits per heavy atom. The van der Waals surface area contributed by atoms with E-state index in [1.165, 1.54) is 5.69 Å². The van der Waals surface area contributed by atoms with Gasteiger partial charge in [-0.15, -0.1) is 0 Å². The van der Waals surface area contributed by atoms with Gasteiger partial charge in [0, 0.05) is 41.4 Å². The Kier molecular flexibility index (Phi) is 5.58. The predicted molar refractivity (Wildman–Crippen MR) is 125 cm³/mol. The van der Waals surface area contributed by atoms with Gasteiger partial charge in [-0.25, -0.2) is 0 Å². The lowest BCUT2D eigenvalue weighted by Gasteiger charge is -2.30. The van der Waals surface area contributed by atoms with E-state index >= 15 is 0 Å². The topological polar surface area (TPSA) is 42.3 Å². The maximum atomic E-state index is 5.94. The predicted octanol–water partition coefficient (Wildman–Crippen LogP) is 4.79. The van der Waals surface area contributed by atoms with Gasteiger partial charge >= 0.3 is 0 Å². The number of rotatable bonds is 5. The average molecular weight is 483 g/mol. The molecule has 1 N–H and O–H groups in total. The molecule has 5 rings (SSSR count). The number of ether oxygens (including phenoxy) is 1. The number of benzene rings is 1. The number of halogens is 1. The molecule has 0 unspecified atom stereocenters. The van der Waals surface area contributed by atoms with Crippen molar-refractivity contribution in [3.8, 4) is 5.69 Å². The van der Waals surface area contributed by atoms with E-state index in [1.807, 2.05) is 18.3 Å². The van der Waals surface area contributed by atoms with Crippen molar-refractivity contribution in [2.24, 2.45) is 0 Å². The smallest absolute Gasteiger partial charge is 0.170 e. The highest BCUT2D eigenvalue weighted by Crippen LogP contribution is 2.40. The molecule has 154 valence electrons. The minimum Gasteiger partial charge on any atom is -0.376 e. The summed E-state index contributed by atoms with van der Waals surface area (Å²) in [5.74, 6) is 0. The van der Waals surface area contributed by atoms with Crippen molar-refractivity contribution in [1.82, 2.24) is 19.8 Å². The normalized spacial score (nSPS) is 23.7. The number of hydrogen-bond donors (Lipinski definition) is 1. The van der Waals surface area contributed by atoms with Gasteiger partial charge in [0.2, 0.25) is 0 Å². The number of pyridine rings is 1. The number of nitrogens with one attached hydrogen (secondary N) is 1. The Morgan fingerprint density at radius 1 is 1.13 bits per heavy atom. The molecule has 0 bridgehead atoms. The molecule has 7 heteroatoms. The lowest BCUT2D eigenvalue weighted by atomic mass is 10.0. The Balaban J connectivity index is 1.56. The molecule has 3 aromatic rings. The van der Waals surface area contributed by atoms with E-state index in [0.717, 1.165) is 47.0 Å². The van der Waals surface area contributed by atoms with Gasteiger partial charge in [-0.3, -0.25) is 4.98 Å². The molecule has 2 aliphatic heterocycles. The molecular formula is C23H23BrN4OS. The second-order valence-corrected chi connectivity index (χ2v) is 9.00. The summed E-state index contributed by atoms with van der Waals surface area (Å²) in [6, 6.07) is 18.7. The highest BCUT2D eigenvalue weighted by molar-refractivity contribution is 9.10. The summed E-state index contributed by atoms with van der Waals surface area (Å²) in [6.45, 7) is 1.62. The van der Waals surface area contributed by atoms with Crippen LogP contribution in [0.2, 0.25) is 0 Å². The first-order valence-corrected chi connectivity index (χ1v) is 11.4. The molecule has 4 heterocycles. The van der Waals surface area contributed by atoms with Gasteiger partial charge in [-0.05, 0) is 73.6 Å². The van der Waals surface area contributed by atoms with Crippen LogP contribution in [-0.2, 0) is 4.74 Å². The first-order chi connectivity index (χ1) is 14.7. The van der Waals surface area contributed by atoms with Crippen LogP contribution < -0.4 is 5.32 Å². The van der Waals surface area contributed by atoms with E-state index in [0.29, 0.717) is 0 Å². The Labute approximate surface area is 190 Å².